The summed E-state index contributed by atoms with van der Waals surface area (Å²) in [6.07, 6.45) is 4.93. The Hall–Kier alpha value is -2.01. The molecule has 2 aromatic heterocycles. The molecule has 3 heterocycles. The minimum atomic E-state index is -0.222. The van der Waals surface area contributed by atoms with Crippen LogP contribution in [0.1, 0.15) is 75.4 Å². The molecule has 0 radical (unpaired) electrons. The number of anilines is 1. The fourth-order valence-corrected chi connectivity index (χ4v) is 4.18. The molecule has 1 aliphatic heterocycles. The second-order valence-electron chi connectivity index (χ2n) is 10.4. The van der Waals surface area contributed by atoms with Crippen LogP contribution in [0.4, 0.5) is 5.82 Å². The van der Waals surface area contributed by atoms with E-state index in [9.17, 15) is 4.79 Å². The summed E-state index contributed by atoms with van der Waals surface area (Å²) in [7, 11) is 1.69. The lowest BCUT2D eigenvalue weighted by Crippen LogP contribution is -2.52. The van der Waals surface area contributed by atoms with Gasteiger partial charge in [0.25, 0.3) is 5.91 Å². The van der Waals surface area contributed by atoms with Crippen molar-refractivity contribution in [3.8, 4) is 0 Å². The van der Waals surface area contributed by atoms with E-state index < -0.39 is 0 Å². The summed E-state index contributed by atoms with van der Waals surface area (Å²) in [5, 5.41) is 15.0. The first-order chi connectivity index (χ1) is 16.2. The van der Waals surface area contributed by atoms with Gasteiger partial charge in [-0.3, -0.25) is 4.79 Å². The van der Waals surface area contributed by atoms with Crippen molar-refractivity contribution in [1.29, 1.82) is 0 Å². The van der Waals surface area contributed by atoms with Crippen molar-refractivity contribution in [3.63, 3.8) is 0 Å². The number of aromatic amines is 1. The van der Waals surface area contributed by atoms with Crippen molar-refractivity contribution < 1.29 is 9.53 Å². The summed E-state index contributed by atoms with van der Waals surface area (Å²) in [6.45, 7) is 14.0. The van der Waals surface area contributed by atoms with Gasteiger partial charge in [0.2, 0.25) is 0 Å². The van der Waals surface area contributed by atoms with Crippen LogP contribution in [0.3, 0.4) is 0 Å². The van der Waals surface area contributed by atoms with Gasteiger partial charge in [-0.1, -0.05) is 34.6 Å². The van der Waals surface area contributed by atoms with E-state index in [0.29, 0.717) is 42.8 Å². The molecule has 3 rings (SSSR count). The van der Waals surface area contributed by atoms with Gasteiger partial charge in [-0.25, -0.2) is 9.97 Å². The van der Waals surface area contributed by atoms with E-state index in [1.54, 1.807) is 19.6 Å². The number of rotatable bonds is 10. The summed E-state index contributed by atoms with van der Waals surface area (Å²) >= 11 is 0. The molecular formula is C24H42Cl2N8O2. The van der Waals surface area contributed by atoms with Crippen LogP contribution < -0.4 is 10.6 Å². The number of carbonyl (C=O) groups is 1. The molecular weight excluding hydrogens is 503 g/mol. The standard InChI is InChI=1S/C24H40N8O2.2ClH/c1-16(2)14-32(18-10-17(11-25-12-18)20-28-15-29-31-20)22(33)19-13-27-23(24(3,4)5)30-21(19)26-8-7-9-34-6;;/h13,15-18,25H,7-12,14H2,1-6H3,(H,26,27,30)(H,28,29,31);2*1H/t17-,18+;;/m1../s1. The minimum Gasteiger partial charge on any atom is -0.385 e. The average Bonchev–Trinajstić information content (AvgIpc) is 3.34. The van der Waals surface area contributed by atoms with E-state index in [4.69, 9.17) is 9.72 Å². The third-order valence-corrected chi connectivity index (χ3v) is 5.92. The number of carbonyl (C=O) groups excluding carboxylic acids is 1. The molecule has 2 aromatic rings. The number of nitrogens with one attached hydrogen (secondary N) is 3. The molecule has 36 heavy (non-hydrogen) atoms. The molecule has 0 aromatic carbocycles. The third kappa shape index (κ3) is 8.54. The topological polar surface area (TPSA) is 121 Å². The predicted octanol–water partition coefficient (Wildman–Crippen LogP) is 3.43. The van der Waals surface area contributed by atoms with Crippen molar-refractivity contribution in [2.45, 2.75) is 64.8 Å². The Morgan fingerprint density at radius 3 is 2.64 bits per heavy atom. The highest BCUT2D eigenvalue weighted by molar-refractivity contribution is 5.98. The van der Waals surface area contributed by atoms with Crippen LogP contribution >= 0.6 is 24.8 Å². The van der Waals surface area contributed by atoms with Gasteiger partial charge in [-0.05, 0) is 18.8 Å². The van der Waals surface area contributed by atoms with Crippen molar-refractivity contribution >= 4 is 36.5 Å². The number of halogens is 2. The number of nitrogens with zero attached hydrogens (tertiary/aromatic N) is 5. The molecule has 0 bridgehead atoms. The largest absolute Gasteiger partial charge is 0.385 e. The smallest absolute Gasteiger partial charge is 0.259 e. The number of ether oxygens (including phenoxy) is 1. The Morgan fingerprint density at radius 1 is 1.28 bits per heavy atom. The summed E-state index contributed by atoms with van der Waals surface area (Å²) in [5.41, 5.74) is 0.285. The van der Waals surface area contributed by atoms with Gasteiger partial charge in [0.05, 0.1) is 0 Å². The number of amides is 1. The lowest BCUT2D eigenvalue weighted by molar-refractivity contribution is 0.0608. The molecule has 1 aliphatic rings. The minimum absolute atomic E-state index is 0. The number of methoxy groups -OCH3 is 1. The van der Waals surface area contributed by atoms with Gasteiger partial charge >= 0.3 is 0 Å². The zero-order valence-electron chi connectivity index (χ0n) is 22.2. The predicted molar refractivity (Wildman–Crippen MR) is 146 cm³/mol. The fourth-order valence-electron chi connectivity index (χ4n) is 4.18. The first kappa shape index (κ1) is 32.0. The molecule has 0 unspecified atom stereocenters. The quantitative estimate of drug-likeness (QED) is 0.389. The number of hydrogen-bond donors (Lipinski definition) is 3. The van der Waals surface area contributed by atoms with Gasteiger partial charge in [0, 0.05) is 63.5 Å². The molecule has 1 fully saturated rings. The fraction of sp³-hybridized carbons (Fsp3) is 0.708. The zero-order valence-corrected chi connectivity index (χ0v) is 23.8. The Bertz CT molecular complexity index is 921. The number of hydrogen-bond acceptors (Lipinski definition) is 8. The van der Waals surface area contributed by atoms with E-state index in [-0.39, 0.29) is 48.1 Å². The Morgan fingerprint density at radius 2 is 2.03 bits per heavy atom. The normalized spacial score (nSPS) is 17.8. The average molecular weight is 546 g/mol. The van der Waals surface area contributed by atoms with E-state index in [0.717, 1.165) is 31.8 Å². The Balaban J connectivity index is 0.00000324. The summed E-state index contributed by atoms with van der Waals surface area (Å²) in [5.74, 6) is 2.60. The van der Waals surface area contributed by atoms with Crippen molar-refractivity contribution in [2.75, 3.05) is 45.2 Å². The van der Waals surface area contributed by atoms with Crippen molar-refractivity contribution in [2.24, 2.45) is 5.92 Å². The van der Waals surface area contributed by atoms with E-state index in [1.807, 2.05) is 4.90 Å². The Labute approximate surface area is 227 Å². The SMILES string of the molecule is COCCCNc1nc(C(C)(C)C)ncc1C(=O)N(CC(C)C)[C@@H]1CNC[C@H](c2nnc[nH]2)C1.Cl.Cl. The first-order valence-electron chi connectivity index (χ1n) is 12.2. The molecule has 0 saturated carbocycles. The highest BCUT2D eigenvalue weighted by Crippen LogP contribution is 2.27. The summed E-state index contributed by atoms with van der Waals surface area (Å²) < 4.78 is 5.17. The molecule has 204 valence electrons. The maximum Gasteiger partial charge on any atom is 0.259 e. The maximum absolute atomic E-state index is 14.0. The highest BCUT2D eigenvalue weighted by Gasteiger charge is 2.34. The van der Waals surface area contributed by atoms with Crippen LogP contribution in [-0.2, 0) is 10.2 Å². The van der Waals surface area contributed by atoms with Gasteiger partial charge in [0.15, 0.2) is 0 Å². The lowest BCUT2D eigenvalue weighted by Gasteiger charge is -2.38. The van der Waals surface area contributed by atoms with Crippen molar-refractivity contribution in [1.82, 2.24) is 35.4 Å². The highest BCUT2D eigenvalue weighted by atomic mass is 35.5. The number of piperidine rings is 1. The van der Waals surface area contributed by atoms with Crippen LogP contribution in [-0.4, -0.2) is 81.9 Å². The summed E-state index contributed by atoms with van der Waals surface area (Å²) in [6, 6.07) is 0.0300. The lowest BCUT2D eigenvalue weighted by atomic mass is 9.93. The first-order valence-corrected chi connectivity index (χ1v) is 12.2. The molecule has 1 saturated heterocycles. The zero-order chi connectivity index (χ0) is 24.7. The van der Waals surface area contributed by atoms with Crippen LogP contribution in [0, 0.1) is 5.92 Å². The van der Waals surface area contributed by atoms with E-state index in [1.165, 1.54) is 0 Å². The van der Waals surface area contributed by atoms with Gasteiger partial charge in [-0.2, -0.15) is 0 Å². The van der Waals surface area contributed by atoms with Crippen LogP contribution in [0.15, 0.2) is 12.5 Å². The molecule has 2 atom stereocenters. The van der Waals surface area contributed by atoms with Gasteiger partial charge in [-0.15, -0.1) is 35.0 Å². The summed E-state index contributed by atoms with van der Waals surface area (Å²) in [4.78, 5) is 28.4. The second kappa shape index (κ2) is 14.7. The molecule has 0 spiro atoms. The van der Waals surface area contributed by atoms with Crippen LogP contribution in [0.25, 0.3) is 0 Å². The number of H-pyrrole nitrogens is 1. The monoisotopic (exact) mass is 544 g/mol. The molecule has 12 heteroatoms. The maximum atomic E-state index is 14.0. The van der Waals surface area contributed by atoms with Gasteiger partial charge in [0.1, 0.15) is 29.4 Å². The van der Waals surface area contributed by atoms with Gasteiger partial charge < -0.3 is 25.3 Å². The van der Waals surface area contributed by atoms with E-state index in [2.05, 4.69) is 65.4 Å². The molecule has 10 nitrogen and oxygen atoms in total. The van der Waals surface area contributed by atoms with Crippen molar-refractivity contribution in [3.05, 3.63) is 29.7 Å². The molecule has 0 aliphatic carbocycles. The van der Waals surface area contributed by atoms with Crippen LogP contribution in [0.2, 0.25) is 0 Å². The van der Waals surface area contributed by atoms with Crippen LogP contribution in [0.5, 0.6) is 0 Å². The van der Waals surface area contributed by atoms with E-state index >= 15 is 0 Å². The third-order valence-electron chi connectivity index (χ3n) is 5.92. The Kier molecular flexibility index (Phi) is 13.0. The molecule has 1 amide bonds. The second-order valence-corrected chi connectivity index (χ2v) is 10.4. The number of aromatic nitrogens is 5. The molecule has 3 N–H and O–H groups in total.